The topological polar surface area (TPSA) is 146 Å². The molecule has 0 fully saturated rings. The monoisotopic (exact) mass is 491 g/mol. The van der Waals surface area contributed by atoms with Crippen molar-refractivity contribution in [3.63, 3.8) is 0 Å². The second kappa shape index (κ2) is 10.0. The number of nitrogens with zero attached hydrogens (tertiary/aromatic N) is 3. The average molecular weight is 491 g/mol. The third kappa shape index (κ3) is 5.79. The van der Waals surface area contributed by atoms with Crippen molar-refractivity contribution < 1.29 is 37.2 Å². The first kappa shape index (κ1) is 24.9. The molecule has 2 aromatic carbocycles. The van der Waals surface area contributed by atoms with Gasteiger partial charge in [0.25, 0.3) is 0 Å². The number of rotatable bonds is 7. The van der Waals surface area contributed by atoms with Crippen LogP contribution in [-0.4, -0.2) is 41.0 Å². The fourth-order valence-corrected chi connectivity index (χ4v) is 2.95. The summed E-state index contributed by atoms with van der Waals surface area (Å²) in [6.07, 6.45) is -3.68. The van der Waals surface area contributed by atoms with E-state index >= 15 is 0 Å². The molecule has 0 aliphatic rings. The van der Waals surface area contributed by atoms with E-state index in [4.69, 9.17) is 0 Å². The Bertz CT molecular complexity index is 1260. The Morgan fingerprint density at radius 3 is 1.94 bits per heavy atom. The molecule has 0 unspecified atom stereocenters. The first-order valence-electron chi connectivity index (χ1n) is 9.56. The molecule has 0 bridgehead atoms. The van der Waals surface area contributed by atoms with Crippen LogP contribution in [0.2, 0.25) is 0 Å². The number of anilines is 4. The van der Waals surface area contributed by atoms with Crippen LogP contribution in [-0.2, 0) is 15.7 Å². The van der Waals surface area contributed by atoms with Gasteiger partial charge in [-0.3, -0.25) is 10.1 Å². The zero-order valence-corrected chi connectivity index (χ0v) is 18.0. The lowest BCUT2D eigenvalue weighted by Gasteiger charge is -2.13. The van der Waals surface area contributed by atoms with E-state index < -0.39 is 40.1 Å². The Balaban J connectivity index is 2.03. The fourth-order valence-electron chi connectivity index (χ4n) is 2.95. The summed E-state index contributed by atoms with van der Waals surface area (Å²) in [5.41, 5.74) is -1.84. The van der Waals surface area contributed by atoms with E-state index in [9.17, 15) is 32.9 Å². The SMILES string of the molecule is COC(=O)c1cc(Nc2ncnc(Nc3cccc(C(F)(F)F)c3)c2[N+](=O)[O-])cc(C(=O)OC)c1. The Morgan fingerprint density at radius 2 is 1.46 bits per heavy atom. The molecule has 0 atom stereocenters. The van der Waals surface area contributed by atoms with Gasteiger partial charge in [-0.25, -0.2) is 19.6 Å². The predicted molar refractivity (Wildman–Crippen MR) is 116 cm³/mol. The summed E-state index contributed by atoms with van der Waals surface area (Å²) in [5, 5.41) is 16.9. The number of benzene rings is 2. The Hall–Kier alpha value is -4.75. The lowest BCUT2D eigenvalue weighted by atomic mass is 10.1. The molecular formula is C21H16F3N5O6. The lowest BCUT2D eigenvalue weighted by Crippen LogP contribution is -2.09. The van der Waals surface area contributed by atoms with E-state index in [1.807, 2.05) is 0 Å². The molecule has 0 aliphatic heterocycles. The molecule has 3 rings (SSSR count). The summed E-state index contributed by atoms with van der Waals surface area (Å²) in [6.45, 7) is 0. The van der Waals surface area contributed by atoms with Gasteiger partial charge in [-0.05, 0) is 36.4 Å². The standard InChI is InChI=1S/C21H16F3N5O6/c1-34-19(30)11-6-12(20(31)35-2)8-15(7-11)28-18-16(29(32)33)17(25-10-26-18)27-14-5-3-4-13(9-14)21(22,23)24/h3-10H,1-2H3,(H2,25,26,27,28). The lowest BCUT2D eigenvalue weighted by molar-refractivity contribution is -0.383. The average Bonchev–Trinajstić information content (AvgIpc) is 2.82. The molecule has 0 amide bonds. The van der Waals surface area contributed by atoms with Crippen LogP contribution in [0.5, 0.6) is 0 Å². The van der Waals surface area contributed by atoms with Crippen molar-refractivity contribution >= 4 is 40.6 Å². The molecule has 0 saturated heterocycles. The number of methoxy groups -OCH3 is 2. The molecule has 0 radical (unpaired) electrons. The second-order valence-corrected chi connectivity index (χ2v) is 6.79. The van der Waals surface area contributed by atoms with E-state index in [1.54, 1.807) is 0 Å². The number of hydrogen-bond donors (Lipinski definition) is 2. The van der Waals surface area contributed by atoms with Gasteiger partial charge in [-0.15, -0.1) is 0 Å². The zero-order chi connectivity index (χ0) is 25.8. The van der Waals surface area contributed by atoms with Crippen molar-refractivity contribution in [3.8, 4) is 0 Å². The second-order valence-electron chi connectivity index (χ2n) is 6.79. The number of halogens is 3. The van der Waals surface area contributed by atoms with Gasteiger partial charge in [-0.2, -0.15) is 13.2 Å². The minimum atomic E-state index is -4.62. The highest BCUT2D eigenvalue weighted by molar-refractivity contribution is 5.97. The highest BCUT2D eigenvalue weighted by Crippen LogP contribution is 2.35. The molecule has 2 N–H and O–H groups in total. The summed E-state index contributed by atoms with van der Waals surface area (Å²) in [5.74, 6) is -2.34. The molecule has 182 valence electrons. The molecular weight excluding hydrogens is 475 g/mol. The first-order chi connectivity index (χ1) is 16.5. The first-order valence-corrected chi connectivity index (χ1v) is 9.56. The summed E-state index contributed by atoms with van der Waals surface area (Å²) < 4.78 is 48.3. The summed E-state index contributed by atoms with van der Waals surface area (Å²) >= 11 is 0. The molecule has 0 spiro atoms. The molecule has 14 heteroatoms. The van der Waals surface area contributed by atoms with E-state index in [0.29, 0.717) is 0 Å². The molecule has 3 aromatic rings. The Labute approximate surface area is 195 Å². The smallest absolute Gasteiger partial charge is 0.416 e. The predicted octanol–water partition coefficient (Wildman–Crippen LogP) is 4.46. The molecule has 1 aromatic heterocycles. The van der Waals surface area contributed by atoms with Gasteiger partial charge in [0.2, 0.25) is 11.6 Å². The van der Waals surface area contributed by atoms with E-state index in [0.717, 1.165) is 38.7 Å². The third-order valence-corrected chi connectivity index (χ3v) is 4.50. The summed E-state index contributed by atoms with van der Waals surface area (Å²) in [7, 11) is 2.25. The number of hydrogen-bond acceptors (Lipinski definition) is 10. The number of nitro groups is 1. The van der Waals surface area contributed by atoms with Crippen LogP contribution in [0.1, 0.15) is 26.3 Å². The summed E-state index contributed by atoms with van der Waals surface area (Å²) in [4.78, 5) is 42.5. The van der Waals surface area contributed by atoms with E-state index in [1.165, 1.54) is 24.3 Å². The van der Waals surface area contributed by atoms with E-state index in [-0.39, 0.29) is 28.3 Å². The van der Waals surface area contributed by atoms with Crippen molar-refractivity contribution in [1.29, 1.82) is 0 Å². The van der Waals surface area contributed by atoms with Gasteiger partial charge in [0.05, 0.1) is 35.8 Å². The molecule has 1 heterocycles. The van der Waals surface area contributed by atoms with Crippen LogP contribution in [0.15, 0.2) is 48.8 Å². The molecule has 0 aliphatic carbocycles. The van der Waals surface area contributed by atoms with Crippen LogP contribution in [0, 0.1) is 10.1 Å². The number of carbonyl (C=O) groups excluding carboxylic acids is 2. The van der Waals surface area contributed by atoms with Crippen LogP contribution < -0.4 is 10.6 Å². The minimum Gasteiger partial charge on any atom is -0.465 e. The van der Waals surface area contributed by atoms with Gasteiger partial charge in [0.15, 0.2) is 0 Å². The zero-order valence-electron chi connectivity index (χ0n) is 18.0. The maximum atomic E-state index is 13.0. The van der Waals surface area contributed by atoms with Gasteiger partial charge in [0.1, 0.15) is 6.33 Å². The number of nitrogens with one attached hydrogen (secondary N) is 2. The number of carbonyl (C=O) groups is 2. The Kier molecular flexibility index (Phi) is 7.13. The fraction of sp³-hybridized carbons (Fsp3) is 0.143. The van der Waals surface area contributed by atoms with Crippen molar-refractivity contribution in [3.05, 3.63) is 75.6 Å². The van der Waals surface area contributed by atoms with Crippen LogP contribution >= 0.6 is 0 Å². The normalized spacial score (nSPS) is 10.9. The quantitative estimate of drug-likeness (QED) is 0.276. The van der Waals surface area contributed by atoms with Gasteiger partial charge < -0.3 is 20.1 Å². The molecule has 0 saturated carbocycles. The van der Waals surface area contributed by atoms with Crippen molar-refractivity contribution in [2.75, 3.05) is 24.9 Å². The largest absolute Gasteiger partial charge is 0.465 e. The third-order valence-electron chi connectivity index (χ3n) is 4.50. The van der Waals surface area contributed by atoms with Crippen LogP contribution in [0.3, 0.4) is 0 Å². The highest BCUT2D eigenvalue weighted by Gasteiger charge is 2.31. The number of ether oxygens (including phenoxy) is 2. The summed E-state index contributed by atoms with van der Waals surface area (Å²) in [6, 6.07) is 7.73. The van der Waals surface area contributed by atoms with Gasteiger partial charge in [0, 0.05) is 11.4 Å². The number of aromatic nitrogens is 2. The van der Waals surface area contributed by atoms with Crippen molar-refractivity contribution in [1.82, 2.24) is 9.97 Å². The van der Waals surface area contributed by atoms with Gasteiger partial charge >= 0.3 is 23.8 Å². The molecule has 35 heavy (non-hydrogen) atoms. The van der Waals surface area contributed by atoms with Gasteiger partial charge in [-0.1, -0.05) is 6.07 Å². The highest BCUT2D eigenvalue weighted by atomic mass is 19.4. The van der Waals surface area contributed by atoms with Crippen molar-refractivity contribution in [2.24, 2.45) is 0 Å². The van der Waals surface area contributed by atoms with E-state index in [2.05, 4.69) is 30.1 Å². The van der Waals surface area contributed by atoms with Crippen molar-refractivity contribution in [2.45, 2.75) is 6.18 Å². The van der Waals surface area contributed by atoms with Crippen LogP contribution in [0.4, 0.5) is 41.9 Å². The van der Waals surface area contributed by atoms with Crippen LogP contribution in [0.25, 0.3) is 0 Å². The molecule has 11 nitrogen and oxygen atoms in total. The maximum absolute atomic E-state index is 13.0. The maximum Gasteiger partial charge on any atom is 0.416 e. The number of esters is 2. The Morgan fingerprint density at radius 1 is 0.914 bits per heavy atom. The minimum absolute atomic E-state index is 0.0418. The number of alkyl halides is 3.